The van der Waals surface area contributed by atoms with Crippen molar-refractivity contribution < 1.29 is 9.59 Å². The fourth-order valence-corrected chi connectivity index (χ4v) is 2.50. The molecule has 1 N–H and O–H groups in total. The first-order chi connectivity index (χ1) is 11.4. The number of hydrogen-bond donors (Lipinski definition) is 1. The molecule has 4 nitrogen and oxygen atoms in total. The normalized spacial score (nSPS) is 10.3. The Morgan fingerprint density at radius 3 is 2.29 bits per heavy atom. The molecule has 0 bridgehead atoms. The summed E-state index contributed by atoms with van der Waals surface area (Å²) in [4.78, 5) is 25.8. The van der Waals surface area contributed by atoms with Crippen molar-refractivity contribution in [2.75, 3.05) is 11.4 Å². The van der Waals surface area contributed by atoms with Gasteiger partial charge in [0.15, 0.2) is 0 Å². The van der Waals surface area contributed by atoms with Gasteiger partial charge in [-0.2, -0.15) is 0 Å². The smallest absolute Gasteiger partial charge is 0.240 e. The van der Waals surface area contributed by atoms with Gasteiger partial charge in [-0.05, 0) is 43.5 Å². The molecule has 24 heavy (non-hydrogen) atoms. The average molecular weight is 324 g/mol. The molecule has 2 aromatic carbocycles. The number of nitrogens with zero attached hydrogens (tertiary/aromatic N) is 1. The van der Waals surface area contributed by atoms with E-state index in [-0.39, 0.29) is 18.4 Å². The molecule has 0 heterocycles. The van der Waals surface area contributed by atoms with Crippen LogP contribution in [0, 0.1) is 20.8 Å². The molecule has 0 unspecified atom stereocenters. The predicted octanol–water partition coefficient (Wildman–Crippen LogP) is 3.28. The monoisotopic (exact) mass is 324 g/mol. The van der Waals surface area contributed by atoms with Crippen LogP contribution in [0.25, 0.3) is 0 Å². The molecule has 0 fully saturated rings. The average Bonchev–Trinajstić information content (AvgIpc) is 2.55. The minimum absolute atomic E-state index is 0.0193. The van der Waals surface area contributed by atoms with E-state index in [1.54, 1.807) is 0 Å². The number of nitrogens with one attached hydrogen (secondary N) is 1. The van der Waals surface area contributed by atoms with Crippen LogP contribution in [-0.4, -0.2) is 18.4 Å². The van der Waals surface area contributed by atoms with Crippen molar-refractivity contribution in [1.29, 1.82) is 0 Å². The van der Waals surface area contributed by atoms with E-state index in [2.05, 4.69) is 5.32 Å². The van der Waals surface area contributed by atoms with Crippen LogP contribution >= 0.6 is 0 Å². The van der Waals surface area contributed by atoms with Gasteiger partial charge in [-0.25, -0.2) is 0 Å². The highest BCUT2D eigenvalue weighted by molar-refractivity contribution is 5.98. The lowest BCUT2D eigenvalue weighted by Crippen LogP contribution is -2.40. The first-order valence-corrected chi connectivity index (χ1v) is 8.05. The number of carbonyl (C=O) groups excluding carboxylic acids is 2. The van der Waals surface area contributed by atoms with Gasteiger partial charge in [0, 0.05) is 19.2 Å². The largest absolute Gasteiger partial charge is 0.350 e. The van der Waals surface area contributed by atoms with E-state index in [0.717, 1.165) is 22.4 Å². The second-order valence-corrected chi connectivity index (χ2v) is 6.09. The molecule has 0 aliphatic rings. The van der Waals surface area contributed by atoms with Crippen molar-refractivity contribution >= 4 is 17.5 Å². The van der Waals surface area contributed by atoms with Crippen LogP contribution in [0.4, 0.5) is 5.69 Å². The summed E-state index contributed by atoms with van der Waals surface area (Å²) in [5.74, 6) is -0.319. The zero-order valence-corrected chi connectivity index (χ0v) is 14.7. The van der Waals surface area contributed by atoms with Gasteiger partial charge < -0.3 is 10.2 Å². The Hall–Kier alpha value is -2.62. The number of anilines is 1. The molecular weight excluding hydrogens is 300 g/mol. The van der Waals surface area contributed by atoms with Gasteiger partial charge in [-0.15, -0.1) is 0 Å². The lowest BCUT2D eigenvalue weighted by molar-refractivity contribution is -0.123. The van der Waals surface area contributed by atoms with Crippen molar-refractivity contribution in [1.82, 2.24) is 5.32 Å². The second kappa shape index (κ2) is 7.77. The van der Waals surface area contributed by atoms with Crippen molar-refractivity contribution in [3.05, 3.63) is 64.7 Å². The van der Waals surface area contributed by atoms with Crippen LogP contribution < -0.4 is 10.2 Å². The van der Waals surface area contributed by atoms with Crippen LogP contribution in [0.2, 0.25) is 0 Å². The minimum Gasteiger partial charge on any atom is -0.350 e. The van der Waals surface area contributed by atoms with Crippen molar-refractivity contribution in [2.45, 2.75) is 34.2 Å². The first kappa shape index (κ1) is 17.7. The molecule has 0 saturated heterocycles. The SMILES string of the molecule is CC(=O)N(CC(=O)NCc1ccc(C)cc1)c1cccc(C)c1C. The van der Waals surface area contributed by atoms with Crippen LogP contribution in [0.15, 0.2) is 42.5 Å². The molecule has 126 valence electrons. The van der Waals surface area contributed by atoms with E-state index in [9.17, 15) is 9.59 Å². The van der Waals surface area contributed by atoms with Crippen molar-refractivity contribution in [3.8, 4) is 0 Å². The predicted molar refractivity (Wildman–Crippen MR) is 97.0 cm³/mol. The van der Waals surface area contributed by atoms with Gasteiger partial charge in [-0.3, -0.25) is 9.59 Å². The molecular formula is C20H24N2O2. The number of hydrogen-bond acceptors (Lipinski definition) is 2. The molecule has 0 aliphatic heterocycles. The van der Waals surface area contributed by atoms with Crippen LogP contribution in [0.1, 0.15) is 29.2 Å². The van der Waals surface area contributed by atoms with Crippen LogP contribution in [0.5, 0.6) is 0 Å². The second-order valence-electron chi connectivity index (χ2n) is 6.09. The summed E-state index contributed by atoms with van der Waals surface area (Å²) in [5.41, 5.74) is 5.11. The highest BCUT2D eigenvalue weighted by Crippen LogP contribution is 2.22. The van der Waals surface area contributed by atoms with Gasteiger partial charge in [0.2, 0.25) is 11.8 Å². The zero-order valence-electron chi connectivity index (χ0n) is 14.7. The highest BCUT2D eigenvalue weighted by atomic mass is 16.2. The molecule has 0 atom stereocenters. The Labute approximate surface area is 143 Å². The number of benzene rings is 2. The standard InChI is InChI=1S/C20H24N2O2/c1-14-8-10-18(11-9-14)12-21-20(24)13-22(17(4)23)19-7-5-6-15(2)16(19)3/h5-11H,12-13H2,1-4H3,(H,21,24). The van der Waals surface area contributed by atoms with Crippen LogP contribution in [0.3, 0.4) is 0 Å². The summed E-state index contributed by atoms with van der Waals surface area (Å²) in [6.07, 6.45) is 0. The van der Waals surface area contributed by atoms with E-state index >= 15 is 0 Å². The summed E-state index contributed by atoms with van der Waals surface area (Å²) in [5, 5.41) is 2.87. The number of amides is 2. The zero-order chi connectivity index (χ0) is 17.7. The summed E-state index contributed by atoms with van der Waals surface area (Å²) in [7, 11) is 0. The van der Waals surface area contributed by atoms with Crippen molar-refractivity contribution in [3.63, 3.8) is 0 Å². The summed E-state index contributed by atoms with van der Waals surface area (Å²) in [6.45, 7) is 7.94. The molecule has 0 radical (unpaired) electrons. The van der Waals surface area contributed by atoms with Gasteiger partial charge in [0.25, 0.3) is 0 Å². The van der Waals surface area contributed by atoms with E-state index in [4.69, 9.17) is 0 Å². The third-order valence-corrected chi connectivity index (χ3v) is 4.16. The maximum Gasteiger partial charge on any atom is 0.240 e. The first-order valence-electron chi connectivity index (χ1n) is 8.05. The molecule has 0 aliphatic carbocycles. The van der Waals surface area contributed by atoms with Gasteiger partial charge in [-0.1, -0.05) is 42.0 Å². The van der Waals surface area contributed by atoms with E-state index in [0.29, 0.717) is 6.54 Å². The molecule has 0 saturated carbocycles. The third kappa shape index (κ3) is 4.44. The molecule has 0 spiro atoms. The topological polar surface area (TPSA) is 49.4 Å². The Balaban J connectivity index is 2.05. The Bertz CT molecular complexity index is 736. The maximum absolute atomic E-state index is 12.3. The summed E-state index contributed by atoms with van der Waals surface area (Å²) >= 11 is 0. The third-order valence-electron chi connectivity index (χ3n) is 4.16. The molecule has 2 amide bonds. The van der Waals surface area contributed by atoms with Crippen LogP contribution in [-0.2, 0) is 16.1 Å². The number of aryl methyl sites for hydroxylation is 2. The van der Waals surface area contributed by atoms with Gasteiger partial charge in [0.1, 0.15) is 6.54 Å². The molecule has 4 heteroatoms. The fraction of sp³-hybridized carbons (Fsp3) is 0.300. The van der Waals surface area contributed by atoms with E-state index in [1.807, 2.05) is 63.2 Å². The lowest BCUT2D eigenvalue weighted by atomic mass is 10.1. The minimum atomic E-state index is -0.174. The Morgan fingerprint density at radius 2 is 1.67 bits per heavy atom. The highest BCUT2D eigenvalue weighted by Gasteiger charge is 2.18. The Morgan fingerprint density at radius 1 is 1.00 bits per heavy atom. The number of carbonyl (C=O) groups is 2. The van der Waals surface area contributed by atoms with Gasteiger partial charge in [0.05, 0.1) is 0 Å². The van der Waals surface area contributed by atoms with Crippen molar-refractivity contribution in [2.24, 2.45) is 0 Å². The summed E-state index contributed by atoms with van der Waals surface area (Å²) in [6, 6.07) is 13.8. The van der Waals surface area contributed by atoms with Gasteiger partial charge >= 0.3 is 0 Å². The van der Waals surface area contributed by atoms with E-state index in [1.165, 1.54) is 17.4 Å². The molecule has 2 rings (SSSR count). The van der Waals surface area contributed by atoms with E-state index < -0.39 is 0 Å². The quantitative estimate of drug-likeness (QED) is 0.917. The molecule has 2 aromatic rings. The number of rotatable bonds is 5. The molecule has 0 aromatic heterocycles. The fourth-order valence-electron chi connectivity index (χ4n) is 2.50. The maximum atomic E-state index is 12.3. The summed E-state index contributed by atoms with van der Waals surface area (Å²) < 4.78 is 0. The lowest BCUT2D eigenvalue weighted by Gasteiger charge is -2.23. The Kier molecular flexibility index (Phi) is 5.74.